The number of nitro benzene ring substituents is 1. The second-order valence-corrected chi connectivity index (χ2v) is 9.04. The number of hydrazone groups is 1. The van der Waals surface area contributed by atoms with E-state index >= 15 is 0 Å². The van der Waals surface area contributed by atoms with E-state index in [1.807, 2.05) is 42.5 Å². The van der Waals surface area contributed by atoms with Gasteiger partial charge in [0.15, 0.2) is 0 Å². The molecule has 0 saturated heterocycles. The lowest BCUT2D eigenvalue weighted by atomic mass is 10.1. The van der Waals surface area contributed by atoms with E-state index < -0.39 is 34.7 Å². The van der Waals surface area contributed by atoms with E-state index in [0.29, 0.717) is 34.5 Å². The highest BCUT2D eigenvalue weighted by Gasteiger charge is 2.33. The van der Waals surface area contributed by atoms with Gasteiger partial charge < -0.3 is 4.74 Å². The number of benzene rings is 4. The van der Waals surface area contributed by atoms with Crippen LogP contribution in [0.25, 0.3) is 10.8 Å². The fraction of sp³-hybridized carbons (Fsp3) is 0.111. The minimum atomic E-state index is -4.74. The predicted molar refractivity (Wildman–Crippen MR) is 140 cm³/mol. The van der Waals surface area contributed by atoms with Gasteiger partial charge in [0.25, 0.3) is 5.69 Å². The molecule has 38 heavy (non-hydrogen) atoms. The Bertz CT molecular complexity index is 1530. The molecule has 4 aromatic rings. The first-order valence-corrected chi connectivity index (χ1v) is 12.0. The van der Waals surface area contributed by atoms with Gasteiger partial charge in [0, 0.05) is 11.6 Å². The minimum Gasteiger partial charge on any atom is -0.488 e. The molecule has 1 N–H and O–H groups in total. The summed E-state index contributed by atoms with van der Waals surface area (Å²) in [5, 5.41) is 17.2. The van der Waals surface area contributed by atoms with E-state index in [1.165, 1.54) is 6.21 Å². The largest absolute Gasteiger partial charge is 0.488 e. The number of nitro groups is 1. The number of carbonyl (C=O) groups is 1. The highest BCUT2D eigenvalue weighted by Crippen LogP contribution is 2.33. The second kappa shape index (κ2) is 11.4. The third kappa shape index (κ3) is 6.54. The molecule has 0 unspecified atom stereocenters. The maximum absolute atomic E-state index is 12.9. The molecule has 11 heteroatoms. The van der Waals surface area contributed by atoms with Crippen LogP contribution in [0.4, 0.5) is 18.9 Å². The first-order chi connectivity index (χ1) is 18.1. The number of alkyl halides is 3. The molecule has 0 aliphatic carbocycles. The molecule has 0 aliphatic heterocycles. The number of amides is 1. The maximum atomic E-state index is 12.9. The van der Waals surface area contributed by atoms with Crippen molar-refractivity contribution >= 4 is 44.5 Å². The number of hydrogen-bond acceptors (Lipinski definition) is 5. The predicted octanol–water partition coefficient (Wildman–Crippen LogP) is 6.80. The third-order valence-electron chi connectivity index (χ3n) is 5.58. The summed E-state index contributed by atoms with van der Waals surface area (Å²) >= 11 is 3.46. The monoisotopic (exact) mass is 585 g/mol. The number of nitrogens with one attached hydrogen (secondary N) is 1. The SMILES string of the molecule is O=C(Cc1ccc(C(F)(F)F)cc1[N+](=O)[O-])N/N=C/c1ccc(OCc2cccc3ccccc23)c(Br)c1. The fourth-order valence-electron chi connectivity index (χ4n) is 3.74. The molecule has 0 aliphatic rings. The summed E-state index contributed by atoms with van der Waals surface area (Å²) in [6.45, 7) is 0.361. The number of nitrogens with zero attached hydrogens (tertiary/aromatic N) is 2. The standard InChI is InChI=1S/C27H19BrF3N3O4/c28-23-12-17(8-11-25(23)38-16-20-6-3-5-18-4-1-2-7-22(18)20)15-32-33-26(35)13-19-9-10-21(27(29,30)31)14-24(19)34(36)37/h1-12,14-15H,13,16H2,(H,33,35)/b32-15+. The smallest absolute Gasteiger partial charge is 0.416 e. The summed E-state index contributed by atoms with van der Waals surface area (Å²) in [6.07, 6.45) is -3.89. The van der Waals surface area contributed by atoms with Crippen molar-refractivity contribution in [1.82, 2.24) is 5.43 Å². The van der Waals surface area contributed by atoms with Crippen molar-refractivity contribution in [2.75, 3.05) is 0 Å². The number of rotatable bonds is 8. The van der Waals surface area contributed by atoms with Gasteiger partial charge in [-0.15, -0.1) is 0 Å². The van der Waals surface area contributed by atoms with E-state index in [9.17, 15) is 28.1 Å². The van der Waals surface area contributed by atoms with Crippen molar-refractivity contribution in [1.29, 1.82) is 0 Å². The highest BCUT2D eigenvalue weighted by atomic mass is 79.9. The lowest BCUT2D eigenvalue weighted by Gasteiger charge is -2.11. The molecule has 0 fully saturated rings. The molecule has 1 amide bonds. The van der Waals surface area contributed by atoms with Crippen LogP contribution in [-0.4, -0.2) is 17.0 Å². The normalized spacial score (nSPS) is 11.6. The quantitative estimate of drug-likeness (QED) is 0.140. The molecule has 0 aromatic heterocycles. The summed E-state index contributed by atoms with van der Waals surface area (Å²) in [4.78, 5) is 22.4. The average Bonchev–Trinajstić information content (AvgIpc) is 2.87. The zero-order chi connectivity index (χ0) is 27.3. The average molecular weight is 586 g/mol. The number of ether oxygens (including phenoxy) is 1. The van der Waals surface area contributed by atoms with Gasteiger partial charge in [0.1, 0.15) is 12.4 Å². The van der Waals surface area contributed by atoms with E-state index in [2.05, 4.69) is 26.5 Å². The van der Waals surface area contributed by atoms with Crippen molar-refractivity contribution in [2.45, 2.75) is 19.2 Å². The van der Waals surface area contributed by atoms with E-state index in [-0.39, 0.29) is 5.56 Å². The van der Waals surface area contributed by atoms with Crippen molar-refractivity contribution in [3.8, 4) is 5.75 Å². The Morgan fingerprint density at radius 2 is 1.79 bits per heavy atom. The van der Waals surface area contributed by atoms with Crippen LogP contribution in [0, 0.1) is 10.1 Å². The van der Waals surface area contributed by atoms with E-state index in [0.717, 1.165) is 22.4 Å². The van der Waals surface area contributed by atoms with Crippen LogP contribution in [0.2, 0.25) is 0 Å². The lowest BCUT2D eigenvalue weighted by molar-refractivity contribution is -0.385. The molecule has 4 rings (SSSR count). The van der Waals surface area contributed by atoms with Gasteiger partial charge in [-0.2, -0.15) is 18.3 Å². The fourth-order valence-corrected chi connectivity index (χ4v) is 4.25. The third-order valence-corrected chi connectivity index (χ3v) is 6.20. The highest BCUT2D eigenvalue weighted by molar-refractivity contribution is 9.10. The summed E-state index contributed by atoms with van der Waals surface area (Å²) in [7, 11) is 0. The zero-order valence-corrected chi connectivity index (χ0v) is 21.1. The van der Waals surface area contributed by atoms with Crippen molar-refractivity contribution in [3.05, 3.63) is 116 Å². The molecule has 194 valence electrons. The summed E-state index contributed by atoms with van der Waals surface area (Å²) in [5.74, 6) is -0.119. The van der Waals surface area contributed by atoms with Crippen molar-refractivity contribution < 1.29 is 27.6 Å². The van der Waals surface area contributed by atoms with Crippen LogP contribution < -0.4 is 10.2 Å². The zero-order valence-electron chi connectivity index (χ0n) is 19.5. The van der Waals surface area contributed by atoms with Crippen molar-refractivity contribution in [3.63, 3.8) is 0 Å². The number of halogens is 4. The lowest BCUT2D eigenvalue weighted by Crippen LogP contribution is -2.20. The molecule has 0 saturated carbocycles. The van der Waals surface area contributed by atoms with Crippen LogP contribution in [0.3, 0.4) is 0 Å². The molecule has 0 bridgehead atoms. The summed E-state index contributed by atoms with van der Waals surface area (Å²) in [6, 6.07) is 21.2. The van der Waals surface area contributed by atoms with Crippen LogP contribution in [0.5, 0.6) is 5.75 Å². The van der Waals surface area contributed by atoms with Crippen LogP contribution in [0.1, 0.15) is 22.3 Å². The van der Waals surface area contributed by atoms with Crippen LogP contribution >= 0.6 is 15.9 Å². The molecule has 0 heterocycles. The molecule has 0 atom stereocenters. The van der Waals surface area contributed by atoms with Crippen molar-refractivity contribution in [2.24, 2.45) is 5.10 Å². The first kappa shape index (κ1) is 26.8. The van der Waals surface area contributed by atoms with Gasteiger partial charge in [-0.25, -0.2) is 5.43 Å². The van der Waals surface area contributed by atoms with Gasteiger partial charge in [-0.1, -0.05) is 48.5 Å². The van der Waals surface area contributed by atoms with Gasteiger partial charge in [-0.3, -0.25) is 14.9 Å². The van der Waals surface area contributed by atoms with Gasteiger partial charge in [0.2, 0.25) is 5.91 Å². The Balaban J connectivity index is 1.37. The Morgan fingerprint density at radius 1 is 1.03 bits per heavy atom. The molecule has 4 aromatic carbocycles. The Hall–Kier alpha value is -4.25. The second-order valence-electron chi connectivity index (χ2n) is 8.19. The molecule has 0 radical (unpaired) electrons. The molecule has 0 spiro atoms. The number of hydrogen-bond donors (Lipinski definition) is 1. The van der Waals surface area contributed by atoms with E-state index in [1.54, 1.807) is 18.2 Å². The summed E-state index contributed by atoms with van der Waals surface area (Å²) in [5.41, 5.74) is 1.77. The Morgan fingerprint density at radius 3 is 2.53 bits per heavy atom. The number of fused-ring (bicyclic) bond motifs is 1. The number of carbonyl (C=O) groups excluding carboxylic acids is 1. The van der Waals surface area contributed by atoms with Crippen LogP contribution in [-0.2, 0) is 24.0 Å². The first-order valence-electron chi connectivity index (χ1n) is 11.2. The van der Waals surface area contributed by atoms with E-state index in [4.69, 9.17) is 4.74 Å². The minimum absolute atomic E-state index is 0.161. The van der Waals surface area contributed by atoms with Gasteiger partial charge >= 0.3 is 6.18 Å². The Labute approximate surface area is 223 Å². The van der Waals surface area contributed by atoms with Gasteiger partial charge in [0.05, 0.1) is 27.6 Å². The molecular weight excluding hydrogens is 567 g/mol. The van der Waals surface area contributed by atoms with Gasteiger partial charge in [-0.05, 0) is 62.1 Å². The Kier molecular flexibility index (Phi) is 8.06. The molecule has 7 nitrogen and oxygen atoms in total. The topological polar surface area (TPSA) is 93.8 Å². The van der Waals surface area contributed by atoms with Crippen LogP contribution in [0.15, 0.2) is 88.4 Å². The summed E-state index contributed by atoms with van der Waals surface area (Å²) < 4.78 is 45.2. The molecular formula is C27H19BrF3N3O4. The maximum Gasteiger partial charge on any atom is 0.416 e.